The molecule has 1 fully saturated rings. The Hall–Kier alpha value is -1.26. The smallest absolute Gasteiger partial charge is 0.291 e. The molecule has 0 radical (unpaired) electrons. The molecule has 116 valence electrons. The van der Waals surface area contributed by atoms with Crippen LogP contribution in [0.25, 0.3) is 0 Å². The zero-order chi connectivity index (χ0) is 15.8. The molecule has 8 nitrogen and oxygen atoms in total. The number of aliphatic hydroxyl groups excluding tert-OH is 1. The molecule has 1 aliphatic heterocycles. The highest BCUT2D eigenvalue weighted by Gasteiger charge is 2.38. The van der Waals surface area contributed by atoms with Crippen molar-refractivity contribution in [3.05, 3.63) is 32.8 Å². The summed E-state index contributed by atoms with van der Waals surface area (Å²) in [6.45, 7) is 1.89. The molecule has 21 heavy (non-hydrogen) atoms. The minimum Gasteiger partial charge on any atom is -0.376 e. The van der Waals surface area contributed by atoms with Crippen molar-refractivity contribution in [3.8, 4) is 0 Å². The molecule has 1 atom stereocenters. The Balaban J connectivity index is 2.61. The maximum absolute atomic E-state index is 12.6. The number of piperazine rings is 1. The fourth-order valence-corrected chi connectivity index (χ4v) is 4.34. The highest BCUT2D eigenvalue weighted by atomic mass is 35.5. The number of aryl methyl sites for hydroxylation is 1. The molecule has 0 aliphatic carbocycles. The van der Waals surface area contributed by atoms with Gasteiger partial charge in [-0.05, 0) is 18.6 Å². The summed E-state index contributed by atoms with van der Waals surface area (Å²) < 4.78 is 26.1. The lowest BCUT2D eigenvalue weighted by atomic mass is 10.2. The maximum Gasteiger partial charge on any atom is 0.291 e. The number of hydrogen-bond donors (Lipinski definition) is 2. The van der Waals surface area contributed by atoms with Crippen LogP contribution in [0, 0.1) is 17.0 Å². The minimum atomic E-state index is -4.19. The third-order valence-corrected chi connectivity index (χ3v) is 5.46. The van der Waals surface area contributed by atoms with Gasteiger partial charge in [-0.1, -0.05) is 11.6 Å². The third kappa shape index (κ3) is 3.01. The average Bonchev–Trinajstić information content (AvgIpc) is 2.37. The lowest BCUT2D eigenvalue weighted by Crippen LogP contribution is -2.53. The summed E-state index contributed by atoms with van der Waals surface area (Å²) in [7, 11) is -4.19. The Morgan fingerprint density at radius 3 is 2.76 bits per heavy atom. The molecular formula is C11H14ClN3O5S. The van der Waals surface area contributed by atoms with Crippen molar-refractivity contribution >= 4 is 27.3 Å². The first-order valence-corrected chi connectivity index (χ1v) is 7.92. The van der Waals surface area contributed by atoms with Crippen LogP contribution in [0.4, 0.5) is 5.69 Å². The van der Waals surface area contributed by atoms with E-state index in [-0.39, 0.29) is 23.7 Å². The number of rotatable bonds is 3. The van der Waals surface area contributed by atoms with Crippen molar-refractivity contribution in [2.24, 2.45) is 0 Å². The summed E-state index contributed by atoms with van der Waals surface area (Å²) >= 11 is 5.76. The van der Waals surface area contributed by atoms with Crippen LogP contribution in [0.5, 0.6) is 0 Å². The van der Waals surface area contributed by atoms with E-state index in [0.717, 1.165) is 10.4 Å². The van der Waals surface area contributed by atoms with Crippen molar-refractivity contribution in [2.75, 3.05) is 19.6 Å². The van der Waals surface area contributed by atoms with Crippen LogP contribution in [-0.2, 0) is 10.0 Å². The first-order chi connectivity index (χ1) is 9.75. The van der Waals surface area contributed by atoms with Gasteiger partial charge in [-0.3, -0.25) is 10.1 Å². The monoisotopic (exact) mass is 335 g/mol. The number of sulfonamides is 1. The number of β-amino-alcohol motifs (C(OH)–C–C–N with tert-alkyl or cyclic N) is 1. The quantitative estimate of drug-likeness (QED) is 0.613. The van der Waals surface area contributed by atoms with Gasteiger partial charge in [0, 0.05) is 30.7 Å². The number of aliphatic hydroxyl groups is 1. The Bertz CT molecular complexity index is 679. The molecule has 2 rings (SSSR count). The number of benzene rings is 1. The fraction of sp³-hybridized carbons (Fsp3) is 0.455. The van der Waals surface area contributed by atoms with Gasteiger partial charge in [-0.2, -0.15) is 4.31 Å². The van der Waals surface area contributed by atoms with E-state index in [9.17, 15) is 23.6 Å². The Morgan fingerprint density at radius 1 is 1.52 bits per heavy atom. The SMILES string of the molecule is Cc1cc(Cl)cc([N+](=O)[O-])c1S(=O)(=O)N1CCNCC1O. The second-order valence-electron chi connectivity index (χ2n) is 4.63. The summed E-state index contributed by atoms with van der Waals surface area (Å²) in [5, 5.41) is 23.9. The lowest BCUT2D eigenvalue weighted by Gasteiger charge is -2.31. The van der Waals surface area contributed by atoms with E-state index in [0.29, 0.717) is 6.54 Å². The average molecular weight is 336 g/mol. The molecule has 0 amide bonds. The molecule has 0 aromatic heterocycles. The molecule has 1 saturated heterocycles. The van der Waals surface area contributed by atoms with Crippen LogP contribution < -0.4 is 5.32 Å². The predicted octanol–water partition coefficient (Wildman–Crippen LogP) is 0.469. The molecule has 0 spiro atoms. The second-order valence-corrected chi connectivity index (χ2v) is 6.89. The molecule has 1 aromatic rings. The normalized spacial score (nSPS) is 20.4. The first-order valence-electron chi connectivity index (χ1n) is 6.10. The number of nitrogens with zero attached hydrogens (tertiary/aromatic N) is 2. The van der Waals surface area contributed by atoms with Gasteiger partial charge in [0.15, 0.2) is 4.90 Å². The third-order valence-electron chi connectivity index (χ3n) is 3.15. The van der Waals surface area contributed by atoms with Gasteiger partial charge in [0.25, 0.3) is 15.7 Å². The Labute approximate surface area is 126 Å². The van der Waals surface area contributed by atoms with Crippen molar-refractivity contribution in [3.63, 3.8) is 0 Å². The van der Waals surface area contributed by atoms with Gasteiger partial charge in [0.1, 0.15) is 6.23 Å². The lowest BCUT2D eigenvalue weighted by molar-refractivity contribution is -0.387. The first kappa shape index (κ1) is 16.1. The van der Waals surface area contributed by atoms with Crippen LogP contribution in [0.1, 0.15) is 5.56 Å². The zero-order valence-electron chi connectivity index (χ0n) is 11.1. The van der Waals surface area contributed by atoms with Gasteiger partial charge in [0.05, 0.1) is 4.92 Å². The van der Waals surface area contributed by atoms with Crippen LogP contribution in [0.15, 0.2) is 17.0 Å². The molecule has 1 heterocycles. The summed E-state index contributed by atoms with van der Waals surface area (Å²) in [6.07, 6.45) is -1.27. The summed E-state index contributed by atoms with van der Waals surface area (Å²) in [5.41, 5.74) is -0.425. The van der Waals surface area contributed by atoms with E-state index in [1.807, 2.05) is 0 Å². The molecule has 0 saturated carbocycles. The Kier molecular flexibility index (Phi) is 4.49. The zero-order valence-corrected chi connectivity index (χ0v) is 12.7. The topological polar surface area (TPSA) is 113 Å². The van der Waals surface area contributed by atoms with Crippen LogP contribution >= 0.6 is 11.6 Å². The minimum absolute atomic E-state index is 0.0305. The van der Waals surface area contributed by atoms with Gasteiger partial charge < -0.3 is 10.4 Å². The predicted molar refractivity (Wildman–Crippen MR) is 75.6 cm³/mol. The molecular weight excluding hydrogens is 322 g/mol. The van der Waals surface area contributed by atoms with Gasteiger partial charge in [-0.25, -0.2) is 8.42 Å². The van der Waals surface area contributed by atoms with E-state index in [4.69, 9.17) is 11.6 Å². The van der Waals surface area contributed by atoms with Gasteiger partial charge in [-0.15, -0.1) is 0 Å². The van der Waals surface area contributed by atoms with Gasteiger partial charge in [0.2, 0.25) is 0 Å². The standard InChI is InChI=1S/C11H14ClN3O5S/c1-7-4-8(12)5-9(15(17)18)11(7)21(19,20)14-3-2-13-6-10(14)16/h4-5,10,13,16H,2-3,6H2,1H3. The van der Waals surface area contributed by atoms with Crippen molar-refractivity contribution < 1.29 is 18.4 Å². The van der Waals surface area contributed by atoms with E-state index >= 15 is 0 Å². The molecule has 10 heteroatoms. The molecule has 0 bridgehead atoms. The van der Waals surface area contributed by atoms with Crippen LogP contribution in [-0.4, -0.2) is 48.6 Å². The number of nitro groups is 1. The largest absolute Gasteiger partial charge is 0.376 e. The van der Waals surface area contributed by atoms with E-state index in [2.05, 4.69) is 5.32 Å². The van der Waals surface area contributed by atoms with E-state index in [1.54, 1.807) is 0 Å². The van der Waals surface area contributed by atoms with E-state index < -0.39 is 31.8 Å². The Morgan fingerprint density at radius 2 is 2.19 bits per heavy atom. The number of halogens is 1. The van der Waals surface area contributed by atoms with Crippen molar-refractivity contribution in [1.29, 1.82) is 0 Å². The second kappa shape index (κ2) is 5.85. The molecule has 2 N–H and O–H groups in total. The van der Waals surface area contributed by atoms with Crippen LogP contribution in [0.3, 0.4) is 0 Å². The number of hydrogen-bond acceptors (Lipinski definition) is 6. The summed E-state index contributed by atoms with van der Waals surface area (Å²) in [4.78, 5) is 9.90. The number of nitrogens with one attached hydrogen (secondary N) is 1. The van der Waals surface area contributed by atoms with Crippen molar-refractivity contribution in [2.45, 2.75) is 18.0 Å². The summed E-state index contributed by atoms with van der Waals surface area (Å²) in [6, 6.07) is 2.34. The van der Waals surface area contributed by atoms with E-state index in [1.165, 1.54) is 13.0 Å². The maximum atomic E-state index is 12.6. The fourth-order valence-electron chi connectivity index (χ4n) is 2.25. The van der Waals surface area contributed by atoms with Gasteiger partial charge >= 0.3 is 0 Å². The molecule has 1 unspecified atom stereocenters. The van der Waals surface area contributed by atoms with Crippen LogP contribution in [0.2, 0.25) is 5.02 Å². The molecule has 1 aromatic carbocycles. The summed E-state index contributed by atoms with van der Waals surface area (Å²) in [5.74, 6) is 0. The highest BCUT2D eigenvalue weighted by Crippen LogP contribution is 2.33. The number of nitro benzene ring substituents is 1. The van der Waals surface area contributed by atoms with Crippen molar-refractivity contribution in [1.82, 2.24) is 9.62 Å². The highest BCUT2D eigenvalue weighted by molar-refractivity contribution is 7.89. The molecule has 1 aliphatic rings.